The summed E-state index contributed by atoms with van der Waals surface area (Å²) in [5.74, 6) is 0.627. The Balaban J connectivity index is 1.14. The molecule has 5 nitrogen and oxygen atoms in total. The average Bonchev–Trinajstić information content (AvgIpc) is 3.98. The Bertz CT molecular complexity index is 3430. The van der Waals surface area contributed by atoms with Gasteiger partial charge in [0, 0.05) is 54.6 Å². The molecule has 1 aliphatic rings. The van der Waals surface area contributed by atoms with Gasteiger partial charge < -0.3 is 8.83 Å². The minimum atomic E-state index is 0.627. The molecule has 0 fully saturated rings. The lowest BCUT2D eigenvalue weighted by Crippen LogP contribution is -2.04. The van der Waals surface area contributed by atoms with Crippen LogP contribution in [0.5, 0.6) is 0 Å². The Kier molecular flexibility index (Phi) is 6.78. The predicted molar refractivity (Wildman–Crippen MR) is 240 cm³/mol. The van der Waals surface area contributed by atoms with Crippen molar-refractivity contribution in [3.05, 3.63) is 187 Å². The molecule has 0 spiro atoms. The molecule has 8 aromatic carbocycles. The molecule has 0 N–H and O–H groups in total. The van der Waals surface area contributed by atoms with Gasteiger partial charge >= 0.3 is 0 Å². The summed E-state index contributed by atoms with van der Waals surface area (Å²) in [6.45, 7) is 0. The second-order valence-corrected chi connectivity index (χ2v) is 15.6. The lowest BCUT2D eigenvalue weighted by Gasteiger charge is -2.16. The van der Waals surface area contributed by atoms with Crippen LogP contribution < -0.4 is 0 Å². The number of para-hydroxylation sites is 4. The monoisotopic (exact) mass is 755 g/mol. The highest BCUT2D eigenvalue weighted by molar-refractivity contribution is 6.17. The van der Waals surface area contributed by atoms with Gasteiger partial charge in [-0.2, -0.15) is 0 Å². The number of nitrogens with zero attached hydrogens (tertiary/aromatic N) is 3. The van der Waals surface area contributed by atoms with E-state index in [-0.39, 0.29) is 0 Å². The van der Waals surface area contributed by atoms with Crippen LogP contribution in [0, 0.1) is 0 Å². The highest BCUT2D eigenvalue weighted by atomic mass is 16.3. The Hall–Kier alpha value is -7.76. The van der Waals surface area contributed by atoms with Gasteiger partial charge in [0.1, 0.15) is 22.3 Å². The Morgan fingerprint density at radius 3 is 1.32 bits per heavy atom. The first-order valence-electron chi connectivity index (χ1n) is 20.2. The van der Waals surface area contributed by atoms with Gasteiger partial charge in [-0.05, 0) is 65.4 Å². The molecule has 0 saturated carbocycles. The van der Waals surface area contributed by atoms with Crippen LogP contribution in [0.1, 0.15) is 11.1 Å². The van der Waals surface area contributed by atoms with E-state index in [0.29, 0.717) is 5.95 Å². The summed E-state index contributed by atoms with van der Waals surface area (Å²) in [6.07, 6.45) is 1.82. The summed E-state index contributed by atoms with van der Waals surface area (Å²) in [4.78, 5) is 10.9. The number of furan rings is 2. The molecule has 0 radical (unpaired) electrons. The van der Waals surface area contributed by atoms with E-state index in [9.17, 15) is 0 Å². The zero-order chi connectivity index (χ0) is 38.6. The fourth-order valence-electron chi connectivity index (χ4n) is 9.62. The smallest absolute Gasteiger partial charge is 0.235 e. The van der Waals surface area contributed by atoms with E-state index < -0.39 is 0 Å². The fourth-order valence-corrected chi connectivity index (χ4v) is 9.62. The maximum atomic E-state index is 6.62. The zero-order valence-corrected chi connectivity index (χ0v) is 31.8. The molecule has 0 aliphatic heterocycles. The van der Waals surface area contributed by atoms with Gasteiger partial charge in [0.05, 0.1) is 22.4 Å². The summed E-state index contributed by atoms with van der Waals surface area (Å²) < 4.78 is 15.6. The molecule has 1 aliphatic carbocycles. The molecule has 59 heavy (non-hydrogen) atoms. The van der Waals surface area contributed by atoms with Gasteiger partial charge in [0.25, 0.3) is 0 Å². The molecule has 0 saturated heterocycles. The van der Waals surface area contributed by atoms with E-state index in [1.807, 2.05) is 24.3 Å². The van der Waals surface area contributed by atoms with Crippen LogP contribution in [0.4, 0.5) is 0 Å². The second kappa shape index (κ2) is 12.4. The standard InChI is InChI=1S/C54H33N3O2/c1-3-13-32(14-4-1)44-31-45(33-15-5-2-6-16-33)56-54(55-44)57-46-29-36(38-19-11-21-42-40-17-7-9-23-48(40)58-52(38)42)27-34-25-26-35-28-37(30-47(57)51(35)50(34)46)39-20-12-22-43-41-18-8-10-24-49(41)59-53(39)43/h1-24,27-31H,25-26H2. The molecule has 0 amide bonds. The molecule has 0 bridgehead atoms. The van der Waals surface area contributed by atoms with Crippen LogP contribution in [0.25, 0.3) is 116 Å². The van der Waals surface area contributed by atoms with Crippen molar-refractivity contribution in [1.82, 2.24) is 14.5 Å². The fraction of sp³-hybridized carbons (Fsp3) is 0.0370. The average molecular weight is 756 g/mol. The predicted octanol–water partition coefficient (Wildman–Crippen LogP) is 14.1. The lowest BCUT2D eigenvalue weighted by atomic mass is 9.87. The maximum Gasteiger partial charge on any atom is 0.235 e. The summed E-state index contributed by atoms with van der Waals surface area (Å²) >= 11 is 0. The van der Waals surface area contributed by atoms with E-state index in [1.165, 1.54) is 21.9 Å². The number of fused-ring (bicyclic) bond motifs is 6. The van der Waals surface area contributed by atoms with E-state index in [0.717, 1.165) is 113 Å². The van der Waals surface area contributed by atoms with Crippen molar-refractivity contribution in [3.8, 4) is 50.7 Å². The highest BCUT2D eigenvalue weighted by Crippen LogP contribution is 2.46. The van der Waals surface area contributed by atoms with E-state index in [1.54, 1.807) is 0 Å². The molecule has 5 heteroatoms. The van der Waals surface area contributed by atoms with Crippen LogP contribution in [-0.2, 0) is 12.8 Å². The SMILES string of the molecule is c1ccc(-c2cc(-c3ccccc3)nc(-n3c4cc(-c5cccc6c5oc5ccccc56)cc5c4c4c(cc(-c6cccc7c6oc6ccccc67)cc43)CC5)n2)cc1. The summed E-state index contributed by atoms with van der Waals surface area (Å²) in [5, 5.41) is 6.99. The van der Waals surface area contributed by atoms with Crippen molar-refractivity contribution in [2.75, 3.05) is 0 Å². The van der Waals surface area contributed by atoms with Crippen molar-refractivity contribution < 1.29 is 8.83 Å². The first-order valence-corrected chi connectivity index (χ1v) is 20.2. The maximum absolute atomic E-state index is 6.62. The largest absolute Gasteiger partial charge is 0.455 e. The first-order chi connectivity index (χ1) is 29.2. The molecule has 276 valence electrons. The Labute approximate surface area is 338 Å². The third kappa shape index (κ3) is 4.85. The number of aromatic nitrogens is 3. The molecule has 0 unspecified atom stereocenters. The number of aryl methyl sites for hydroxylation is 2. The number of hydrogen-bond acceptors (Lipinski definition) is 4. The van der Waals surface area contributed by atoms with E-state index >= 15 is 0 Å². The third-order valence-electron chi connectivity index (χ3n) is 12.3. The van der Waals surface area contributed by atoms with E-state index in [4.69, 9.17) is 18.8 Å². The van der Waals surface area contributed by atoms with Crippen LogP contribution in [0.3, 0.4) is 0 Å². The van der Waals surface area contributed by atoms with Gasteiger partial charge in [-0.1, -0.05) is 146 Å². The normalized spacial score (nSPS) is 12.6. The van der Waals surface area contributed by atoms with Gasteiger partial charge in [-0.15, -0.1) is 0 Å². The zero-order valence-electron chi connectivity index (χ0n) is 31.8. The number of benzene rings is 8. The Morgan fingerprint density at radius 2 is 0.831 bits per heavy atom. The van der Waals surface area contributed by atoms with Crippen LogP contribution in [-0.4, -0.2) is 14.5 Å². The molecule has 12 aromatic rings. The Morgan fingerprint density at radius 1 is 0.390 bits per heavy atom. The van der Waals surface area contributed by atoms with Crippen molar-refractivity contribution >= 4 is 65.7 Å². The van der Waals surface area contributed by atoms with Crippen LogP contribution in [0.2, 0.25) is 0 Å². The topological polar surface area (TPSA) is 57.0 Å². The van der Waals surface area contributed by atoms with E-state index in [2.05, 4.69) is 156 Å². The summed E-state index contributed by atoms with van der Waals surface area (Å²) in [6, 6.07) is 62.0. The molecule has 4 heterocycles. The first kappa shape index (κ1) is 32.3. The number of rotatable bonds is 5. The number of hydrogen-bond donors (Lipinski definition) is 0. The molecule has 0 atom stereocenters. The van der Waals surface area contributed by atoms with Crippen molar-refractivity contribution in [2.45, 2.75) is 12.8 Å². The van der Waals surface area contributed by atoms with Gasteiger partial charge in [-0.25, -0.2) is 9.97 Å². The van der Waals surface area contributed by atoms with Gasteiger partial charge in [0.2, 0.25) is 5.95 Å². The summed E-state index contributed by atoms with van der Waals surface area (Å²) in [5.41, 5.74) is 16.5. The summed E-state index contributed by atoms with van der Waals surface area (Å²) in [7, 11) is 0. The molecule has 4 aromatic heterocycles. The van der Waals surface area contributed by atoms with Crippen molar-refractivity contribution in [3.63, 3.8) is 0 Å². The molecular formula is C54H33N3O2. The van der Waals surface area contributed by atoms with Gasteiger partial charge in [0.15, 0.2) is 0 Å². The lowest BCUT2D eigenvalue weighted by molar-refractivity contribution is 0.669. The quantitative estimate of drug-likeness (QED) is 0.175. The van der Waals surface area contributed by atoms with Crippen LogP contribution in [0.15, 0.2) is 185 Å². The van der Waals surface area contributed by atoms with Crippen molar-refractivity contribution in [1.29, 1.82) is 0 Å². The third-order valence-corrected chi connectivity index (χ3v) is 12.3. The minimum Gasteiger partial charge on any atom is -0.455 e. The van der Waals surface area contributed by atoms with Crippen molar-refractivity contribution in [2.24, 2.45) is 0 Å². The molecular weight excluding hydrogens is 723 g/mol. The minimum absolute atomic E-state index is 0.627. The molecule has 13 rings (SSSR count). The van der Waals surface area contributed by atoms with Crippen LogP contribution >= 0.6 is 0 Å². The second-order valence-electron chi connectivity index (χ2n) is 15.6. The van der Waals surface area contributed by atoms with Gasteiger partial charge in [-0.3, -0.25) is 4.57 Å². The highest BCUT2D eigenvalue weighted by Gasteiger charge is 2.27.